The van der Waals surface area contributed by atoms with E-state index in [2.05, 4.69) is 5.32 Å². The Labute approximate surface area is 144 Å². The molecular formula is C19H18F2N2O2. The Bertz CT molecular complexity index is 760. The fraction of sp³-hybridized carbons (Fsp3) is 0.263. The first kappa shape index (κ1) is 17.1. The topological polar surface area (TPSA) is 49.4 Å². The van der Waals surface area contributed by atoms with Crippen molar-refractivity contribution in [3.05, 3.63) is 71.3 Å². The Hall–Kier alpha value is -2.76. The van der Waals surface area contributed by atoms with Gasteiger partial charge in [-0.05, 0) is 17.7 Å². The molecule has 3 rings (SSSR count). The van der Waals surface area contributed by atoms with E-state index >= 15 is 0 Å². The zero-order chi connectivity index (χ0) is 17.8. The molecule has 0 aliphatic carbocycles. The number of carbonyl (C=O) groups is 2. The highest BCUT2D eigenvalue weighted by Crippen LogP contribution is 2.20. The number of amides is 2. The predicted octanol–water partition coefficient (Wildman–Crippen LogP) is 2.74. The monoisotopic (exact) mass is 344 g/mol. The summed E-state index contributed by atoms with van der Waals surface area (Å²) in [5.41, 5.74) is 0.446. The summed E-state index contributed by atoms with van der Waals surface area (Å²) in [6, 6.07) is 12.9. The van der Waals surface area contributed by atoms with E-state index in [1.807, 2.05) is 30.3 Å². The van der Waals surface area contributed by atoms with Crippen LogP contribution >= 0.6 is 0 Å². The maximum absolute atomic E-state index is 13.6. The summed E-state index contributed by atoms with van der Waals surface area (Å²) < 4.78 is 27.2. The van der Waals surface area contributed by atoms with Crippen LogP contribution in [0.5, 0.6) is 0 Å². The number of likely N-dealkylation sites (tertiary alicyclic amines) is 1. The lowest BCUT2D eigenvalue weighted by Crippen LogP contribution is -2.32. The van der Waals surface area contributed by atoms with Gasteiger partial charge in [0.05, 0.1) is 0 Å². The minimum atomic E-state index is -0.897. The van der Waals surface area contributed by atoms with E-state index in [4.69, 9.17) is 0 Å². The minimum Gasteiger partial charge on any atom is -0.351 e. The number of nitrogens with zero attached hydrogens (tertiary/aromatic N) is 1. The van der Waals surface area contributed by atoms with Crippen LogP contribution in [0.25, 0.3) is 0 Å². The van der Waals surface area contributed by atoms with Gasteiger partial charge in [-0.1, -0.05) is 36.4 Å². The Morgan fingerprint density at radius 2 is 1.76 bits per heavy atom. The lowest BCUT2D eigenvalue weighted by molar-refractivity contribution is -0.128. The molecule has 2 aromatic carbocycles. The van der Waals surface area contributed by atoms with Gasteiger partial charge in [0.2, 0.25) is 5.91 Å². The van der Waals surface area contributed by atoms with Crippen molar-refractivity contribution in [1.29, 1.82) is 0 Å². The molecule has 0 saturated carbocycles. The Morgan fingerprint density at radius 1 is 1.08 bits per heavy atom. The maximum Gasteiger partial charge on any atom is 0.257 e. The molecule has 6 heteroatoms. The third kappa shape index (κ3) is 4.02. The van der Waals surface area contributed by atoms with Gasteiger partial charge >= 0.3 is 0 Å². The van der Waals surface area contributed by atoms with Crippen LogP contribution in [0.4, 0.5) is 8.78 Å². The van der Waals surface area contributed by atoms with Crippen LogP contribution in [0, 0.1) is 17.6 Å². The van der Waals surface area contributed by atoms with E-state index in [0.29, 0.717) is 19.5 Å². The molecule has 0 spiro atoms. The molecule has 1 fully saturated rings. The highest BCUT2D eigenvalue weighted by atomic mass is 19.1. The number of benzene rings is 2. The normalized spacial score (nSPS) is 17.0. The van der Waals surface area contributed by atoms with Crippen molar-refractivity contribution in [2.75, 3.05) is 13.1 Å². The van der Waals surface area contributed by atoms with Gasteiger partial charge in [0.25, 0.3) is 5.91 Å². The molecule has 130 valence electrons. The summed E-state index contributed by atoms with van der Waals surface area (Å²) in [7, 11) is 0. The molecule has 2 amide bonds. The van der Waals surface area contributed by atoms with Crippen molar-refractivity contribution >= 4 is 11.8 Å². The van der Waals surface area contributed by atoms with Gasteiger partial charge in [0, 0.05) is 32.0 Å². The summed E-state index contributed by atoms with van der Waals surface area (Å²) in [4.78, 5) is 25.8. The molecule has 1 atom stereocenters. The van der Waals surface area contributed by atoms with Crippen LogP contribution in [0.2, 0.25) is 0 Å². The van der Waals surface area contributed by atoms with E-state index < -0.39 is 23.1 Å². The lowest BCUT2D eigenvalue weighted by atomic mass is 10.1. The van der Waals surface area contributed by atoms with Gasteiger partial charge in [-0.15, -0.1) is 0 Å². The molecule has 0 bridgehead atoms. The predicted molar refractivity (Wildman–Crippen MR) is 88.7 cm³/mol. The fourth-order valence-electron chi connectivity index (χ4n) is 2.99. The van der Waals surface area contributed by atoms with Crippen LogP contribution in [0.3, 0.4) is 0 Å². The summed E-state index contributed by atoms with van der Waals surface area (Å²) in [6.07, 6.45) is 0.312. The average Bonchev–Trinajstić information content (AvgIpc) is 2.93. The number of hydrogen-bond acceptors (Lipinski definition) is 2. The van der Waals surface area contributed by atoms with Gasteiger partial charge in [0.15, 0.2) is 0 Å². The SMILES string of the molecule is O=C(NCC1CC(=O)N(Cc2ccccc2)C1)c1c(F)cccc1F. The third-order valence-electron chi connectivity index (χ3n) is 4.25. The second-order valence-electron chi connectivity index (χ2n) is 6.14. The van der Waals surface area contributed by atoms with Gasteiger partial charge in [-0.3, -0.25) is 9.59 Å². The largest absolute Gasteiger partial charge is 0.351 e. The highest BCUT2D eigenvalue weighted by Gasteiger charge is 2.30. The second kappa shape index (κ2) is 7.42. The zero-order valence-electron chi connectivity index (χ0n) is 13.5. The first-order chi connectivity index (χ1) is 12.0. The van der Waals surface area contributed by atoms with Gasteiger partial charge in [-0.25, -0.2) is 8.78 Å². The number of halogens is 2. The van der Waals surface area contributed by atoms with E-state index in [-0.39, 0.29) is 18.4 Å². The quantitative estimate of drug-likeness (QED) is 0.907. The van der Waals surface area contributed by atoms with Crippen molar-refractivity contribution in [3.8, 4) is 0 Å². The molecule has 1 aliphatic rings. The Balaban J connectivity index is 1.56. The van der Waals surface area contributed by atoms with Gasteiger partial charge in [0.1, 0.15) is 17.2 Å². The standard InChI is InChI=1S/C19H18F2N2O2/c20-15-7-4-8-16(21)18(15)19(25)22-10-14-9-17(24)23(12-14)11-13-5-2-1-3-6-13/h1-8,14H,9-12H2,(H,22,25). The molecule has 1 N–H and O–H groups in total. The fourth-order valence-corrected chi connectivity index (χ4v) is 2.99. The van der Waals surface area contributed by atoms with E-state index in [9.17, 15) is 18.4 Å². The molecule has 0 radical (unpaired) electrons. The molecule has 1 aliphatic heterocycles. The molecule has 1 heterocycles. The van der Waals surface area contributed by atoms with Crippen molar-refractivity contribution in [2.24, 2.45) is 5.92 Å². The number of nitrogens with one attached hydrogen (secondary N) is 1. The van der Waals surface area contributed by atoms with Gasteiger partial charge in [-0.2, -0.15) is 0 Å². The second-order valence-corrected chi connectivity index (χ2v) is 6.14. The minimum absolute atomic E-state index is 0.0141. The lowest BCUT2D eigenvalue weighted by Gasteiger charge is -2.17. The highest BCUT2D eigenvalue weighted by molar-refractivity contribution is 5.94. The van der Waals surface area contributed by atoms with Crippen LogP contribution < -0.4 is 5.32 Å². The van der Waals surface area contributed by atoms with E-state index in [1.54, 1.807) is 4.90 Å². The molecule has 1 saturated heterocycles. The Morgan fingerprint density at radius 3 is 2.44 bits per heavy atom. The van der Waals surface area contributed by atoms with Gasteiger partial charge < -0.3 is 10.2 Å². The summed E-state index contributed by atoms with van der Waals surface area (Å²) in [5, 5.41) is 2.53. The average molecular weight is 344 g/mol. The van der Waals surface area contributed by atoms with Crippen molar-refractivity contribution in [3.63, 3.8) is 0 Å². The smallest absolute Gasteiger partial charge is 0.257 e. The van der Waals surface area contributed by atoms with Crippen molar-refractivity contribution in [2.45, 2.75) is 13.0 Å². The zero-order valence-corrected chi connectivity index (χ0v) is 13.5. The summed E-state index contributed by atoms with van der Waals surface area (Å²) in [6.45, 7) is 1.23. The molecule has 2 aromatic rings. The van der Waals surface area contributed by atoms with E-state index in [0.717, 1.165) is 17.7 Å². The van der Waals surface area contributed by atoms with Crippen LogP contribution in [0.1, 0.15) is 22.3 Å². The summed E-state index contributed by atoms with van der Waals surface area (Å²) in [5.74, 6) is -2.66. The number of rotatable bonds is 5. The first-order valence-corrected chi connectivity index (χ1v) is 8.08. The van der Waals surface area contributed by atoms with Crippen molar-refractivity contribution < 1.29 is 18.4 Å². The maximum atomic E-state index is 13.6. The molecular weight excluding hydrogens is 326 g/mol. The van der Waals surface area contributed by atoms with E-state index in [1.165, 1.54) is 6.07 Å². The Kier molecular flexibility index (Phi) is 5.07. The molecule has 0 aromatic heterocycles. The first-order valence-electron chi connectivity index (χ1n) is 8.08. The summed E-state index contributed by atoms with van der Waals surface area (Å²) >= 11 is 0. The molecule has 1 unspecified atom stereocenters. The molecule has 25 heavy (non-hydrogen) atoms. The number of hydrogen-bond donors (Lipinski definition) is 1. The van der Waals surface area contributed by atoms with Crippen LogP contribution in [0.15, 0.2) is 48.5 Å². The van der Waals surface area contributed by atoms with Crippen LogP contribution in [-0.4, -0.2) is 29.8 Å². The van der Waals surface area contributed by atoms with Crippen LogP contribution in [-0.2, 0) is 11.3 Å². The van der Waals surface area contributed by atoms with Crippen molar-refractivity contribution in [1.82, 2.24) is 10.2 Å². The number of carbonyl (C=O) groups excluding carboxylic acids is 2. The molecule has 4 nitrogen and oxygen atoms in total. The third-order valence-corrected chi connectivity index (χ3v) is 4.25.